The third-order valence-corrected chi connectivity index (χ3v) is 3.49. The van der Waals surface area contributed by atoms with Crippen molar-refractivity contribution in [2.45, 2.75) is 6.92 Å². The minimum absolute atomic E-state index is 0.290. The molecule has 0 aliphatic carbocycles. The molecule has 1 aliphatic heterocycles. The van der Waals surface area contributed by atoms with Gasteiger partial charge in [0, 0.05) is 43.7 Å². The van der Waals surface area contributed by atoms with Crippen molar-refractivity contribution >= 4 is 5.91 Å². The fourth-order valence-corrected chi connectivity index (χ4v) is 2.22. The number of carbonyl (C=O) groups is 1. The van der Waals surface area contributed by atoms with Crippen molar-refractivity contribution in [3.8, 4) is 0 Å². The van der Waals surface area contributed by atoms with Crippen LogP contribution < -0.4 is 16.0 Å². The van der Waals surface area contributed by atoms with Crippen molar-refractivity contribution in [1.29, 1.82) is 0 Å². The molecule has 0 unspecified atom stereocenters. The maximum absolute atomic E-state index is 13.5. The van der Waals surface area contributed by atoms with Gasteiger partial charge in [-0.25, -0.2) is 4.39 Å². The monoisotopic (exact) mass is 304 g/mol. The highest BCUT2D eigenvalue weighted by molar-refractivity contribution is 5.94. The van der Waals surface area contributed by atoms with Gasteiger partial charge in [0.05, 0.1) is 0 Å². The van der Waals surface area contributed by atoms with E-state index >= 15 is 0 Å². The predicted molar refractivity (Wildman–Crippen MR) is 84.5 cm³/mol. The Kier molecular flexibility index (Phi) is 5.16. The van der Waals surface area contributed by atoms with E-state index < -0.39 is 0 Å². The first-order chi connectivity index (χ1) is 10.5. The number of amides is 1. The number of likely N-dealkylation sites (N-methyl/N-ethyl adjacent to an activating group) is 1. The Morgan fingerprint density at radius 1 is 1.36 bits per heavy atom. The van der Waals surface area contributed by atoms with Crippen molar-refractivity contribution in [3.63, 3.8) is 0 Å². The van der Waals surface area contributed by atoms with E-state index in [2.05, 4.69) is 16.0 Å². The Labute approximate surface area is 129 Å². The number of halogens is 1. The van der Waals surface area contributed by atoms with Gasteiger partial charge in [-0.2, -0.15) is 0 Å². The lowest BCUT2D eigenvalue weighted by molar-refractivity contribution is 0.0956. The van der Waals surface area contributed by atoms with Crippen LogP contribution in [0.5, 0.6) is 0 Å². The molecule has 1 amide bonds. The molecule has 0 saturated carbocycles. The van der Waals surface area contributed by atoms with Crippen LogP contribution >= 0.6 is 0 Å². The molecule has 5 nitrogen and oxygen atoms in total. The summed E-state index contributed by atoms with van der Waals surface area (Å²) in [7, 11) is 3.78. The molecule has 3 N–H and O–H groups in total. The van der Waals surface area contributed by atoms with Gasteiger partial charge >= 0.3 is 0 Å². The lowest BCUT2D eigenvalue weighted by Crippen LogP contribution is -2.32. The average molecular weight is 304 g/mol. The molecule has 0 spiro atoms. The van der Waals surface area contributed by atoms with Gasteiger partial charge in [0.1, 0.15) is 11.6 Å². The number of benzene rings is 1. The zero-order valence-corrected chi connectivity index (χ0v) is 13.0. The smallest absolute Gasteiger partial charge is 0.251 e. The first-order valence-corrected chi connectivity index (χ1v) is 7.10. The number of aryl methyl sites for hydroxylation is 1. The molecule has 0 saturated heterocycles. The van der Waals surface area contributed by atoms with Crippen LogP contribution in [0.2, 0.25) is 0 Å². The second-order valence-corrected chi connectivity index (χ2v) is 5.20. The van der Waals surface area contributed by atoms with Crippen molar-refractivity contribution in [2.75, 3.05) is 27.2 Å². The van der Waals surface area contributed by atoms with Gasteiger partial charge < -0.3 is 20.9 Å². The molecule has 1 aliphatic rings. The molecule has 0 bridgehead atoms. The normalized spacial score (nSPS) is 15.7. The van der Waals surface area contributed by atoms with Gasteiger partial charge in [-0.05, 0) is 31.7 Å². The fourth-order valence-electron chi connectivity index (χ4n) is 2.22. The van der Waals surface area contributed by atoms with Crippen LogP contribution in [0, 0.1) is 12.7 Å². The molecular formula is C16H21FN4O. The van der Waals surface area contributed by atoms with Crippen molar-refractivity contribution in [2.24, 2.45) is 0 Å². The summed E-state index contributed by atoms with van der Waals surface area (Å²) >= 11 is 0. The topological polar surface area (TPSA) is 56.4 Å². The molecule has 118 valence electrons. The second kappa shape index (κ2) is 7.09. The molecule has 6 heteroatoms. The van der Waals surface area contributed by atoms with E-state index in [1.807, 2.05) is 31.4 Å². The number of carbonyl (C=O) groups excluding carboxylic acids is 1. The van der Waals surface area contributed by atoms with Crippen LogP contribution in [0.3, 0.4) is 0 Å². The van der Waals surface area contributed by atoms with Gasteiger partial charge in [-0.3, -0.25) is 4.79 Å². The van der Waals surface area contributed by atoms with Gasteiger partial charge in [-0.1, -0.05) is 6.07 Å². The second-order valence-electron chi connectivity index (χ2n) is 5.20. The first kappa shape index (κ1) is 16.0. The van der Waals surface area contributed by atoms with E-state index in [1.54, 1.807) is 19.1 Å². The predicted octanol–water partition coefficient (Wildman–Crippen LogP) is 1.30. The van der Waals surface area contributed by atoms with Crippen molar-refractivity contribution in [1.82, 2.24) is 20.9 Å². The maximum Gasteiger partial charge on any atom is 0.251 e. The largest absolute Gasteiger partial charge is 0.348 e. The van der Waals surface area contributed by atoms with Gasteiger partial charge in [0.2, 0.25) is 0 Å². The first-order valence-electron chi connectivity index (χ1n) is 7.10. The van der Waals surface area contributed by atoms with Crippen LogP contribution in [-0.4, -0.2) is 38.0 Å². The van der Waals surface area contributed by atoms with Gasteiger partial charge in [0.15, 0.2) is 0 Å². The molecular weight excluding hydrogens is 283 g/mol. The summed E-state index contributed by atoms with van der Waals surface area (Å²) in [4.78, 5) is 14.1. The van der Waals surface area contributed by atoms with E-state index in [1.165, 1.54) is 6.07 Å². The van der Waals surface area contributed by atoms with Crippen LogP contribution in [-0.2, 0) is 0 Å². The van der Waals surface area contributed by atoms with E-state index in [0.717, 1.165) is 11.4 Å². The Hall–Kier alpha value is -2.34. The summed E-state index contributed by atoms with van der Waals surface area (Å²) in [5.74, 6) is 0.272. The Balaban J connectivity index is 2.06. The van der Waals surface area contributed by atoms with E-state index in [9.17, 15) is 9.18 Å². The number of hydrogen-bond donors (Lipinski definition) is 3. The Bertz CT molecular complexity index is 625. The zero-order valence-electron chi connectivity index (χ0n) is 13.0. The highest BCUT2D eigenvalue weighted by Gasteiger charge is 2.14. The molecule has 0 atom stereocenters. The minimum Gasteiger partial charge on any atom is -0.348 e. The van der Waals surface area contributed by atoms with Crippen molar-refractivity contribution in [3.05, 3.63) is 58.9 Å². The van der Waals surface area contributed by atoms with Crippen LogP contribution in [0.1, 0.15) is 15.9 Å². The molecule has 1 heterocycles. The Morgan fingerprint density at radius 3 is 2.73 bits per heavy atom. The number of rotatable bonds is 5. The molecule has 1 aromatic carbocycles. The number of hydrogen-bond acceptors (Lipinski definition) is 4. The van der Waals surface area contributed by atoms with E-state index in [-0.39, 0.29) is 11.7 Å². The molecule has 0 fully saturated rings. The third-order valence-electron chi connectivity index (χ3n) is 3.49. The zero-order chi connectivity index (χ0) is 16.1. The quantitative estimate of drug-likeness (QED) is 0.767. The highest BCUT2D eigenvalue weighted by atomic mass is 19.1. The van der Waals surface area contributed by atoms with Crippen LogP contribution in [0.4, 0.5) is 4.39 Å². The summed E-state index contributed by atoms with van der Waals surface area (Å²) in [6, 6.07) is 4.49. The summed E-state index contributed by atoms with van der Waals surface area (Å²) in [6.07, 6.45) is 3.74. The fraction of sp³-hybridized carbons (Fsp3) is 0.312. The summed E-state index contributed by atoms with van der Waals surface area (Å²) < 4.78 is 13.5. The van der Waals surface area contributed by atoms with E-state index in [4.69, 9.17) is 0 Å². The minimum atomic E-state index is -0.372. The molecule has 2 rings (SSSR count). The van der Waals surface area contributed by atoms with E-state index in [0.29, 0.717) is 24.2 Å². The SMILES string of the molecule is CNC/C(CNC(=O)c1ccc(C)c(F)c1)=C1\NC=CN1C. The van der Waals surface area contributed by atoms with Gasteiger partial charge in [0.25, 0.3) is 5.91 Å². The maximum atomic E-state index is 13.5. The molecule has 22 heavy (non-hydrogen) atoms. The summed E-state index contributed by atoms with van der Waals surface area (Å²) in [5, 5.41) is 9.06. The van der Waals surface area contributed by atoms with Gasteiger partial charge in [-0.15, -0.1) is 0 Å². The van der Waals surface area contributed by atoms with Crippen LogP contribution in [0.15, 0.2) is 42.0 Å². The standard InChI is InChI=1S/C16H21FN4O/c1-11-4-5-12(8-14(11)17)16(22)20-10-13(9-18-2)15-19-6-7-21(15)3/h4-8,18-19H,9-10H2,1-3H3,(H,20,22)/b15-13-. The molecule has 0 radical (unpaired) electrons. The summed E-state index contributed by atoms with van der Waals surface area (Å²) in [6.45, 7) is 2.68. The molecule has 0 aromatic heterocycles. The summed E-state index contributed by atoms with van der Waals surface area (Å²) in [5.41, 5.74) is 1.86. The average Bonchev–Trinajstić information content (AvgIpc) is 2.92. The highest BCUT2D eigenvalue weighted by Crippen LogP contribution is 2.12. The number of nitrogens with one attached hydrogen (secondary N) is 3. The van der Waals surface area contributed by atoms with Crippen LogP contribution in [0.25, 0.3) is 0 Å². The van der Waals surface area contributed by atoms with Crippen molar-refractivity contribution < 1.29 is 9.18 Å². The lowest BCUT2D eigenvalue weighted by atomic mass is 10.1. The molecule has 1 aromatic rings. The third kappa shape index (κ3) is 3.65. The number of nitrogens with zero attached hydrogens (tertiary/aromatic N) is 1. The lowest BCUT2D eigenvalue weighted by Gasteiger charge is -2.18. The Morgan fingerprint density at radius 2 is 2.14 bits per heavy atom.